The van der Waals surface area contributed by atoms with Crippen molar-refractivity contribution in [2.24, 2.45) is 0 Å². The molecule has 0 radical (unpaired) electrons. The Labute approximate surface area is 103 Å². The summed E-state index contributed by atoms with van der Waals surface area (Å²) in [5.41, 5.74) is 0. The van der Waals surface area contributed by atoms with Crippen molar-refractivity contribution in [1.29, 1.82) is 0 Å². The molecule has 84 valence electrons. The van der Waals surface area contributed by atoms with E-state index < -0.39 is 0 Å². The Morgan fingerprint density at radius 2 is 1.69 bits per heavy atom. The third-order valence-electron chi connectivity index (χ3n) is 2.66. The van der Waals surface area contributed by atoms with E-state index in [1.807, 2.05) is 12.1 Å². The van der Waals surface area contributed by atoms with Gasteiger partial charge in [-0.1, -0.05) is 0 Å². The van der Waals surface area contributed by atoms with Gasteiger partial charge in [-0.2, -0.15) is 0 Å². The van der Waals surface area contributed by atoms with E-state index in [1.54, 1.807) is 0 Å². The Kier molecular flexibility index (Phi) is 4.38. The third-order valence-corrected chi connectivity index (χ3v) is 4.95. The van der Waals surface area contributed by atoms with Crippen molar-refractivity contribution in [1.82, 2.24) is 0 Å². The van der Waals surface area contributed by atoms with Crippen LogP contribution in [0.3, 0.4) is 0 Å². The number of hydrogen-bond donors (Lipinski definition) is 0. The van der Waals surface area contributed by atoms with Crippen LogP contribution in [0.5, 0.6) is 0 Å². The molecule has 1 nitrogen and oxygen atoms in total. The van der Waals surface area contributed by atoms with E-state index in [9.17, 15) is 4.79 Å². The second-order valence-corrected chi connectivity index (χ2v) is 6.57. The number of carbonyl (C=O) groups is 1. The average Bonchev–Trinajstić information content (AvgIpc) is 2.27. The van der Waals surface area contributed by atoms with Crippen LogP contribution in [0.15, 0.2) is 40.9 Å². The summed E-state index contributed by atoms with van der Waals surface area (Å²) in [6.45, 7) is 0. The number of hydrogen-bond acceptors (Lipinski definition) is 1. The van der Waals surface area contributed by atoms with Gasteiger partial charge in [-0.25, -0.2) is 0 Å². The molecule has 0 unspecified atom stereocenters. The second-order valence-electron chi connectivity index (χ2n) is 4.05. The topological polar surface area (TPSA) is 17.1 Å². The maximum absolute atomic E-state index is 11.6. The van der Waals surface area contributed by atoms with Crippen LogP contribution in [0, 0.1) is 0 Å². The Morgan fingerprint density at radius 3 is 2.50 bits per heavy atom. The van der Waals surface area contributed by atoms with E-state index in [4.69, 9.17) is 0 Å². The summed E-state index contributed by atoms with van der Waals surface area (Å²) >= 11 is 0.342. The maximum atomic E-state index is 11.6. The molecule has 2 rings (SSSR count). The van der Waals surface area contributed by atoms with Crippen molar-refractivity contribution in [3.8, 4) is 0 Å². The third kappa shape index (κ3) is 3.62. The first kappa shape index (κ1) is 11.6. The standard InChI is InChI=1S/C14H16OSe/c15-12-7-3-1-6-10-14(11-12)16-13-8-4-2-5-9-13/h2,4-5,8-9,11H,1,3,6-7,10H2. The fourth-order valence-corrected chi connectivity index (χ4v) is 3.99. The van der Waals surface area contributed by atoms with Crippen LogP contribution in [-0.4, -0.2) is 20.7 Å². The first-order chi connectivity index (χ1) is 7.84. The monoisotopic (exact) mass is 280 g/mol. The molecule has 16 heavy (non-hydrogen) atoms. The molecule has 2 heteroatoms. The molecule has 0 N–H and O–H groups in total. The summed E-state index contributed by atoms with van der Waals surface area (Å²) in [5, 5.41) is 0. The van der Waals surface area contributed by atoms with Gasteiger partial charge in [-0.05, 0) is 0 Å². The predicted octanol–water partition coefficient (Wildman–Crippen LogP) is 2.43. The molecular formula is C14H16OSe. The van der Waals surface area contributed by atoms with Crippen LogP contribution in [0.25, 0.3) is 0 Å². The molecule has 0 heterocycles. The van der Waals surface area contributed by atoms with E-state index in [-0.39, 0.29) is 0 Å². The van der Waals surface area contributed by atoms with E-state index >= 15 is 0 Å². The summed E-state index contributed by atoms with van der Waals surface area (Å²) in [7, 11) is 0. The molecule has 1 aliphatic carbocycles. The van der Waals surface area contributed by atoms with E-state index in [0.717, 1.165) is 19.3 Å². The number of ketones is 1. The Hall–Kier alpha value is -0.851. The molecule has 1 aromatic rings. The van der Waals surface area contributed by atoms with Gasteiger partial charge < -0.3 is 0 Å². The molecule has 0 bridgehead atoms. The summed E-state index contributed by atoms with van der Waals surface area (Å²) in [6.07, 6.45) is 7.28. The average molecular weight is 279 g/mol. The van der Waals surface area contributed by atoms with E-state index in [0.29, 0.717) is 20.7 Å². The molecule has 0 atom stereocenters. The van der Waals surface area contributed by atoms with Crippen molar-refractivity contribution < 1.29 is 4.79 Å². The molecule has 0 fully saturated rings. The molecule has 0 amide bonds. The van der Waals surface area contributed by atoms with Crippen LogP contribution in [-0.2, 0) is 4.79 Å². The van der Waals surface area contributed by atoms with Gasteiger partial charge in [0.05, 0.1) is 0 Å². The van der Waals surface area contributed by atoms with Gasteiger partial charge >= 0.3 is 103 Å². The predicted molar refractivity (Wildman–Crippen MR) is 68.0 cm³/mol. The SMILES string of the molecule is O=C1C=C([Se]c2ccccc2)CCCCC1. The van der Waals surface area contributed by atoms with Gasteiger partial charge in [0.2, 0.25) is 0 Å². The van der Waals surface area contributed by atoms with Crippen molar-refractivity contribution in [2.75, 3.05) is 0 Å². The zero-order valence-electron chi connectivity index (χ0n) is 9.32. The Morgan fingerprint density at radius 1 is 0.938 bits per heavy atom. The Bertz CT molecular complexity index is 381. The van der Waals surface area contributed by atoms with Crippen molar-refractivity contribution in [3.63, 3.8) is 0 Å². The van der Waals surface area contributed by atoms with Crippen molar-refractivity contribution in [3.05, 3.63) is 40.9 Å². The first-order valence-corrected chi connectivity index (χ1v) is 7.52. The number of allylic oxidation sites excluding steroid dienone is 2. The Balaban J connectivity index is 2.07. The van der Waals surface area contributed by atoms with Crippen LogP contribution >= 0.6 is 0 Å². The minimum absolute atomic E-state index is 0.326. The fraction of sp³-hybridized carbons (Fsp3) is 0.357. The van der Waals surface area contributed by atoms with Crippen molar-refractivity contribution >= 4 is 25.2 Å². The van der Waals surface area contributed by atoms with Gasteiger partial charge in [-0.15, -0.1) is 0 Å². The number of carbonyl (C=O) groups excluding carboxylic acids is 1. The van der Waals surface area contributed by atoms with Crippen LogP contribution in [0.4, 0.5) is 0 Å². The second kappa shape index (κ2) is 6.03. The summed E-state index contributed by atoms with van der Waals surface area (Å²) in [4.78, 5) is 11.6. The fourth-order valence-electron chi connectivity index (χ4n) is 1.82. The molecule has 0 aliphatic heterocycles. The summed E-state index contributed by atoms with van der Waals surface area (Å²) in [6, 6.07) is 10.5. The van der Waals surface area contributed by atoms with Crippen molar-refractivity contribution in [2.45, 2.75) is 32.1 Å². The van der Waals surface area contributed by atoms with Gasteiger partial charge in [-0.3, -0.25) is 0 Å². The molecule has 1 aliphatic rings. The molecular weight excluding hydrogens is 263 g/mol. The number of rotatable bonds is 2. The van der Waals surface area contributed by atoms with Gasteiger partial charge in [0, 0.05) is 0 Å². The van der Waals surface area contributed by atoms with Crippen LogP contribution in [0.2, 0.25) is 0 Å². The minimum atomic E-state index is 0.326. The number of benzene rings is 1. The van der Waals surface area contributed by atoms with E-state index in [2.05, 4.69) is 24.3 Å². The van der Waals surface area contributed by atoms with Gasteiger partial charge in [0.1, 0.15) is 0 Å². The van der Waals surface area contributed by atoms with Crippen LogP contribution in [0.1, 0.15) is 32.1 Å². The molecule has 0 saturated carbocycles. The zero-order valence-corrected chi connectivity index (χ0v) is 11.0. The quantitative estimate of drug-likeness (QED) is 0.760. The summed E-state index contributed by atoms with van der Waals surface area (Å²) < 4.78 is 2.73. The molecule has 0 spiro atoms. The normalized spacial score (nSPS) is 17.5. The van der Waals surface area contributed by atoms with E-state index in [1.165, 1.54) is 21.8 Å². The van der Waals surface area contributed by atoms with Crippen LogP contribution < -0.4 is 4.46 Å². The first-order valence-electron chi connectivity index (χ1n) is 5.81. The molecule has 0 aromatic heterocycles. The zero-order chi connectivity index (χ0) is 11.2. The van der Waals surface area contributed by atoms with Gasteiger partial charge in [0.15, 0.2) is 0 Å². The summed E-state index contributed by atoms with van der Waals surface area (Å²) in [5.74, 6) is 0.326. The molecule has 1 aromatic carbocycles. The van der Waals surface area contributed by atoms with Gasteiger partial charge in [0.25, 0.3) is 0 Å². The molecule has 0 saturated heterocycles.